The molecule has 1 aliphatic rings. The van der Waals surface area contributed by atoms with Gasteiger partial charge in [0.2, 0.25) is 0 Å². The number of anilines is 1. The van der Waals surface area contributed by atoms with E-state index in [2.05, 4.69) is 16.9 Å². The zero-order valence-corrected chi connectivity index (χ0v) is 17.3. The van der Waals surface area contributed by atoms with Crippen LogP contribution in [0.3, 0.4) is 0 Å². The monoisotopic (exact) mass is 425 g/mol. The maximum absolute atomic E-state index is 12.2. The van der Waals surface area contributed by atoms with Gasteiger partial charge in [-0.15, -0.1) is 5.14 Å². The summed E-state index contributed by atoms with van der Waals surface area (Å²) in [6, 6.07) is 9.40. The number of benzene rings is 1. The van der Waals surface area contributed by atoms with Crippen LogP contribution in [0.1, 0.15) is 6.92 Å². The molecule has 1 saturated heterocycles. The van der Waals surface area contributed by atoms with Gasteiger partial charge in [-0.1, -0.05) is 12.1 Å². The van der Waals surface area contributed by atoms with E-state index in [1.54, 1.807) is 18.3 Å². The quantitative estimate of drug-likeness (QED) is 0.327. The van der Waals surface area contributed by atoms with E-state index in [0.29, 0.717) is 30.3 Å². The number of hydrogen-bond donors (Lipinski definition) is 3. The van der Waals surface area contributed by atoms with Crippen LogP contribution in [0.4, 0.5) is 5.82 Å². The summed E-state index contributed by atoms with van der Waals surface area (Å²) >= 11 is -1.66. The Morgan fingerprint density at radius 2 is 2.17 bits per heavy atom. The molecule has 0 bridgehead atoms. The highest BCUT2D eigenvalue weighted by atomic mass is 32.2. The SMILES string of the molecule is C[C@@H]1COCCN1c1cc(-c2ccccc2[S+](N)[O-])c2cnn(C(=N)/C=C\N)c2n1. The maximum atomic E-state index is 12.2. The second kappa shape index (κ2) is 8.44. The molecule has 2 aromatic heterocycles. The van der Waals surface area contributed by atoms with Crippen molar-refractivity contribution < 1.29 is 9.29 Å². The third kappa shape index (κ3) is 3.65. The molecule has 2 atom stereocenters. The lowest BCUT2D eigenvalue weighted by Crippen LogP contribution is -2.44. The molecule has 0 spiro atoms. The highest BCUT2D eigenvalue weighted by Gasteiger charge is 2.25. The molecule has 10 heteroatoms. The molecular weight excluding hydrogens is 402 g/mol. The van der Waals surface area contributed by atoms with E-state index >= 15 is 0 Å². The molecule has 1 fully saturated rings. The summed E-state index contributed by atoms with van der Waals surface area (Å²) in [5, 5.41) is 19.1. The summed E-state index contributed by atoms with van der Waals surface area (Å²) in [5.74, 6) is 0.825. The van der Waals surface area contributed by atoms with Crippen LogP contribution in [0.25, 0.3) is 22.2 Å². The molecule has 1 aliphatic heterocycles. The summed E-state index contributed by atoms with van der Waals surface area (Å²) < 4.78 is 19.2. The number of nitrogens with two attached hydrogens (primary N) is 2. The minimum atomic E-state index is -1.66. The number of hydrogen-bond acceptors (Lipinski definition) is 8. The number of pyridine rings is 1. The van der Waals surface area contributed by atoms with Crippen LogP contribution < -0.4 is 15.8 Å². The Balaban J connectivity index is 1.98. The van der Waals surface area contributed by atoms with E-state index in [4.69, 9.17) is 26.0 Å². The lowest BCUT2D eigenvalue weighted by Gasteiger charge is -2.34. The Bertz CT molecular complexity index is 1110. The normalized spacial score (nSPS) is 18.2. The first-order chi connectivity index (χ1) is 14.5. The van der Waals surface area contributed by atoms with Gasteiger partial charge in [0.05, 0.1) is 36.8 Å². The van der Waals surface area contributed by atoms with Gasteiger partial charge in [-0.05, 0) is 37.4 Å². The fraction of sp³-hybridized carbons (Fsp3) is 0.250. The minimum absolute atomic E-state index is 0.0915. The van der Waals surface area contributed by atoms with Crippen LogP contribution in [-0.2, 0) is 16.1 Å². The van der Waals surface area contributed by atoms with Gasteiger partial charge in [-0.3, -0.25) is 5.41 Å². The van der Waals surface area contributed by atoms with Crippen LogP contribution in [-0.4, -0.2) is 51.0 Å². The molecular formula is C20H23N7O2S. The van der Waals surface area contributed by atoms with Crippen molar-refractivity contribution in [2.24, 2.45) is 10.9 Å². The summed E-state index contributed by atoms with van der Waals surface area (Å²) in [6.45, 7) is 3.97. The van der Waals surface area contributed by atoms with Crippen molar-refractivity contribution in [3.05, 3.63) is 48.8 Å². The predicted molar refractivity (Wildman–Crippen MR) is 118 cm³/mol. The third-order valence-corrected chi connectivity index (χ3v) is 5.86. The average Bonchev–Trinajstić information content (AvgIpc) is 3.17. The molecule has 1 aromatic carbocycles. The molecule has 4 rings (SSSR count). The molecule has 5 N–H and O–H groups in total. The summed E-state index contributed by atoms with van der Waals surface area (Å²) in [4.78, 5) is 7.51. The van der Waals surface area contributed by atoms with Crippen LogP contribution in [0.2, 0.25) is 0 Å². The fourth-order valence-electron chi connectivity index (χ4n) is 3.63. The van der Waals surface area contributed by atoms with Gasteiger partial charge in [-0.25, -0.2) is 4.98 Å². The first kappa shape index (κ1) is 20.4. The number of ether oxygens (including phenoxy) is 1. The number of allylic oxidation sites excluding steroid dienone is 1. The maximum Gasteiger partial charge on any atom is 0.181 e. The van der Waals surface area contributed by atoms with Crippen LogP contribution in [0.5, 0.6) is 0 Å². The largest absolute Gasteiger partial charge is 0.593 e. The van der Waals surface area contributed by atoms with Gasteiger partial charge in [0.1, 0.15) is 11.7 Å². The van der Waals surface area contributed by atoms with Gasteiger partial charge in [0.15, 0.2) is 10.5 Å². The van der Waals surface area contributed by atoms with Gasteiger partial charge < -0.3 is 19.9 Å². The first-order valence-electron chi connectivity index (χ1n) is 9.47. The molecule has 0 radical (unpaired) electrons. The number of rotatable bonds is 4. The Hall–Kier alpha value is -2.92. The topological polar surface area (TPSA) is 142 Å². The van der Waals surface area contributed by atoms with Crippen LogP contribution in [0.15, 0.2) is 53.7 Å². The highest BCUT2D eigenvalue weighted by molar-refractivity contribution is 7.89. The number of nitrogens with one attached hydrogen (secondary N) is 1. The van der Waals surface area contributed by atoms with E-state index < -0.39 is 11.4 Å². The molecule has 1 unspecified atom stereocenters. The average molecular weight is 426 g/mol. The molecule has 0 saturated carbocycles. The summed E-state index contributed by atoms with van der Waals surface area (Å²) in [6.07, 6.45) is 4.39. The molecule has 0 aliphatic carbocycles. The van der Waals surface area contributed by atoms with E-state index in [1.165, 1.54) is 17.0 Å². The van der Waals surface area contributed by atoms with Crippen molar-refractivity contribution in [1.29, 1.82) is 5.41 Å². The summed E-state index contributed by atoms with van der Waals surface area (Å²) in [7, 11) is 0. The zero-order chi connectivity index (χ0) is 21.3. The predicted octanol–water partition coefficient (Wildman–Crippen LogP) is 1.60. The van der Waals surface area contributed by atoms with E-state index in [0.717, 1.165) is 22.3 Å². The minimum Gasteiger partial charge on any atom is -0.593 e. The van der Waals surface area contributed by atoms with E-state index in [1.807, 2.05) is 18.2 Å². The van der Waals surface area contributed by atoms with Crippen molar-refractivity contribution in [2.75, 3.05) is 24.7 Å². The standard InChI is InChI=1S/C20H23N7O2S/c1-13-12-29-9-8-26(13)19-10-15(14-4-2-3-5-17(14)30(23)28)16-11-24-27(20(16)25-19)18(22)6-7-21/h2-7,10-11,13,22H,8-9,12,21,23H2,1H3/b7-6-,22-18?/t13-,30?/m1/s1. The van der Waals surface area contributed by atoms with Gasteiger partial charge in [0, 0.05) is 23.1 Å². The lowest BCUT2D eigenvalue weighted by atomic mass is 10.0. The second-order valence-electron chi connectivity index (χ2n) is 6.98. The Labute approximate surface area is 177 Å². The molecule has 9 nitrogen and oxygen atoms in total. The Morgan fingerprint density at radius 1 is 1.37 bits per heavy atom. The second-order valence-corrected chi connectivity index (χ2v) is 8.01. The number of aromatic nitrogens is 3. The number of morpholine rings is 1. The Kier molecular flexibility index (Phi) is 5.73. The van der Waals surface area contributed by atoms with Crippen LogP contribution in [0, 0.1) is 5.41 Å². The van der Waals surface area contributed by atoms with Crippen molar-refractivity contribution in [2.45, 2.75) is 17.9 Å². The highest BCUT2D eigenvalue weighted by Crippen LogP contribution is 2.35. The molecule has 3 aromatic rings. The van der Waals surface area contributed by atoms with Crippen molar-refractivity contribution >= 4 is 34.0 Å². The van der Waals surface area contributed by atoms with Crippen LogP contribution >= 0.6 is 0 Å². The van der Waals surface area contributed by atoms with Crippen molar-refractivity contribution in [3.8, 4) is 11.1 Å². The third-order valence-electron chi connectivity index (χ3n) is 5.07. The molecule has 0 amide bonds. The molecule has 30 heavy (non-hydrogen) atoms. The van der Waals surface area contributed by atoms with Crippen molar-refractivity contribution in [3.63, 3.8) is 0 Å². The molecule has 156 valence electrons. The van der Waals surface area contributed by atoms with Gasteiger partial charge in [0.25, 0.3) is 0 Å². The fourth-order valence-corrected chi connectivity index (χ4v) is 4.23. The lowest BCUT2D eigenvalue weighted by molar-refractivity contribution is 0.0986. The van der Waals surface area contributed by atoms with Gasteiger partial charge >= 0.3 is 0 Å². The Morgan fingerprint density at radius 3 is 2.90 bits per heavy atom. The van der Waals surface area contributed by atoms with Gasteiger partial charge in [-0.2, -0.15) is 9.78 Å². The number of fused-ring (bicyclic) bond motifs is 1. The number of nitrogens with zero attached hydrogens (tertiary/aromatic N) is 4. The van der Waals surface area contributed by atoms with E-state index in [9.17, 15) is 4.55 Å². The van der Waals surface area contributed by atoms with Crippen molar-refractivity contribution in [1.82, 2.24) is 14.8 Å². The van der Waals surface area contributed by atoms with E-state index in [-0.39, 0.29) is 11.9 Å². The molecule has 3 heterocycles. The first-order valence-corrected chi connectivity index (χ1v) is 10.7. The smallest absolute Gasteiger partial charge is 0.181 e. The summed E-state index contributed by atoms with van der Waals surface area (Å²) in [5.41, 5.74) is 7.53. The zero-order valence-electron chi connectivity index (χ0n) is 16.5.